The summed E-state index contributed by atoms with van der Waals surface area (Å²) in [4.78, 5) is 23.9. The normalized spacial score (nSPS) is 32.2. The molecule has 2 rings (SSSR count). The average Bonchev–Trinajstić information content (AvgIpc) is 2.24. The highest BCUT2D eigenvalue weighted by atomic mass is 32.2. The number of thioether (sulfide) groups is 1. The number of rotatable bonds is 4. The Bertz CT molecular complexity index is 359. The molecular formula is C9H12N2O4S. The minimum atomic E-state index is -1.12. The van der Waals surface area contributed by atoms with E-state index in [-0.39, 0.29) is 24.6 Å². The maximum absolute atomic E-state index is 11.2. The van der Waals surface area contributed by atoms with Crippen LogP contribution >= 0.6 is 11.8 Å². The molecule has 0 aromatic rings. The van der Waals surface area contributed by atoms with E-state index in [1.165, 1.54) is 28.9 Å². The summed E-state index contributed by atoms with van der Waals surface area (Å²) >= 11 is 1.22. The lowest BCUT2D eigenvalue weighted by Gasteiger charge is -2.45. The molecular weight excluding hydrogens is 232 g/mol. The highest BCUT2D eigenvalue weighted by Gasteiger charge is 2.49. The number of β-lactam (4-membered cyclic amide) rings is 1. The zero-order valence-electron chi connectivity index (χ0n) is 8.46. The first kappa shape index (κ1) is 11.4. The van der Waals surface area contributed by atoms with E-state index in [0.29, 0.717) is 6.42 Å². The number of carbonyl (C=O) groups excluding carboxylic acids is 1. The van der Waals surface area contributed by atoms with Crippen LogP contribution in [0.3, 0.4) is 0 Å². The van der Waals surface area contributed by atoms with Gasteiger partial charge < -0.3 is 20.5 Å². The van der Waals surface area contributed by atoms with Gasteiger partial charge in [0.2, 0.25) is 5.91 Å². The Kier molecular flexibility index (Phi) is 2.92. The van der Waals surface area contributed by atoms with Crippen LogP contribution in [0, 0.1) is 0 Å². The molecule has 0 spiro atoms. The molecule has 0 aromatic carbocycles. The molecule has 1 fully saturated rings. The third-order valence-corrected chi connectivity index (χ3v) is 4.11. The molecule has 0 aliphatic carbocycles. The summed E-state index contributed by atoms with van der Waals surface area (Å²) in [6.45, 7) is -0.00469. The fraction of sp³-hybridized carbons (Fsp3) is 0.556. The number of hydrogen-bond donors (Lipinski definition) is 2. The lowest BCUT2D eigenvalue weighted by Crippen LogP contribution is -2.55. The number of carboxylic acids is 1. The lowest BCUT2D eigenvalue weighted by molar-refractivity contribution is -0.142. The second kappa shape index (κ2) is 4.08. The first-order valence-corrected chi connectivity index (χ1v) is 5.66. The van der Waals surface area contributed by atoms with Crippen LogP contribution in [-0.2, 0) is 14.3 Å². The molecule has 0 aromatic heterocycles. The van der Waals surface area contributed by atoms with E-state index in [9.17, 15) is 14.7 Å². The molecule has 3 N–H and O–H groups in total. The number of nitrogens with zero attached hydrogens (tertiary/aromatic N) is 1. The van der Waals surface area contributed by atoms with Crippen molar-refractivity contribution in [3.05, 3.63) is 12.3 Å². The molecule has 2 heterocycles. The minimum absolute atomic E-state index is 0.0124. The summed E-state index contributed by atoms with van der Waals surface area (Å²) in [6, 6.07) is 0. The molecule has 2 aliphatic heterocycles. The summed E-state index contributed by atoms with van der Waals surface area (Å²) in [6.07, 6.45) is 3.40. The van der Waals surface area contributed by atoms with Gasteiger partial charge in [-0.1, -0.05) is 0 Å². The van der Waals surface area contributed by atoms with Crippen molar-refractivity contribution in [2.75, 3.05) is 13.3 Å². The SMILES string of the molecule is NCOCC1(C(=O)O)C=CN2C(=O)C[C@H]2S1. The van der Waals surface area contributed by atoms with E-state index in [0.717, 1.165) is 0 Å². The van der Waals surface area contributed by atoms with Gasteiger partial charge in [-0.2, -0.15) is 0 Å². The van der Waals surface area contributed by atoms with Crippen LogP contribution in [0.1, 0.15) is 6.42 Å². The predicted octanol–water partition coefficient (Wildman–Crippen LogP) is -0.438. The van der Waals surface area contributed by atoms with Crippen molar-refractivity contribution in [1.29, 1.82) is 0 Å². The maximum Gasteiger partial charge on any atom is 0.326 e. The van der Waals surface area contributed by atoms with E-state index >= 15 is 0 Å². The van der Waals surface area contributed by atoms with Gasteiger partial charge in [0.25, 0.3) is 0 Å². The molecule has 0 saturated carbocycles. The molecule has 0 bridgehead atoms. The van der Waals surface area contributed by atoms with Crippen molar-refractivity contribution in [3.8, 4) is 0 Å². The number of amides is 1. The first-order chi connectivity index (χ1) is 7.59. The van der Waals surface area contributed by atoms with Crippen LogP contribution in [0.5, 0.6) is 0 Å². The molecule has 88 valence electrons. The largest absolute Gasteiger partial charge is 0.480 e. The molecule has 16 heavy (non-hydrogen) atoms. The topological polar surface area (TPSA) is 92.9 Å². The Hall–Kier alpha value is -1.05. The van der Waals surface area contributed by atoms with E-state index in [1.54, 1.807) is 0 Å². The van der Waals surface area contributed by atoms with Gasteiger partial charge in [0, 0.05) is 6.20 Å². The van der Waals surface area contributed by atoms with Crippen LogP contribution < -0.4 is 5.73 Å². The Labute approximate surface area is 96.4 Å². The van der Waals surface area contributed by atoms with E-state index in [2.05, 4.69) is 0 Å². The molecule has 1 saturated heterocycles. The summed E-state index contributed by atoms with van der Waals surface area (Å²) in [5, 5.41) is 9.13. The summed E-state index contributed by atoms with van der Waals surface area (Å²) in [5.41, 5.74) is 5.19. The molecule has 1 unspecified atom stereocenters. The smallest absolute Gasteiger partial charge is 0.326 e. The Morgan fingerprint density at radius 1 is 1.81 bits per heavy atom. The van der Waals surface area contributed by atoms with Gasteiger partial charge in [-0.25, -0.2) is 0 Å². The zero-order valence-corrected chi connectivity index (χ0v) is 9.27. The average molecular weight is 244 g/mol. The molecule has 0 radical (unpaired) electrons. The second-order valence-corrected chi connectivity index (χ2v) is 5.11. The lowest BCUT2D eigenvalue weighted by atomic mass is 10.1. The van der Waals surface area contributed by atoms with Crippen molar-refractivity contribution in [1.82, 2.24) is 4.90 Å². The molecule has 1 amide bonds. The number of carboxylic acid groups (broad SMARTS) is 1. The van der Waals surface area contributed by atoms with Crippen LogP contribution in [0.25, 0.3) is 0 Å². The number of hydrogen-bond acceptors (Lipinski definition) is 5. The summed E-state index contributed by atoms with van der Waals surface area (Å²) in [7, 11) is 0. The summed E-state index contributed by atoms with van der Waals surface area (Å²) in [5.74, 6) is -0.950. The predicted molar refractivity (Wildman–Crippen MR) is 57.4 cm³/mol. The number of carbonyl (C=O) groups is 2. The highest BCUT2D eigenvalue weighted by molar-refractivity contribution is 8.02. The van der Waals surface area contributed by atoms with Crippen molar-refractivity contribution in [2.45, 2.75) is 16.5 Å². The van der Waals surface area contributed by atoms with Crippen LogP contribution in [0.15, 0.2) is 12.3 Å². The van der Waals surface area contributed by atoms with Gasteiger partial charge >= 0.3 is 5.97 Å². The van der Waals surface area contributed by atoms with E-state index in [1.807, 2.05) is 0 Å². The van der Waals surface area contributed by atoms with Crippen LogP contribution in [0.2, 0.25) is 0 Å². The van der Waals surface area contributed by atoms with Crippen molar-refractivity contribution >= 4 is 23.6 Å². The first-order valence-electron chi connectivity index (χ1n) is 4.78. The van der Waals surface area contributed by atoms with Crippen molar-refractivity contribution in [2.24, 2.45) is 5.73 Å². The minimum Gasteiger partial charge on any atom is -0.480 e. The fourth-order valence-corrected chi connectivity index (χ4v) is 3.04. The van der Waals surface area contributed by atoms with E-state index in [4.69, 9.17) is 10.5 Å². The monoisotopic (exact) mass is 244 g/mol. The number of fused-ring (bicyclic) bond motifs is 1. The zero-order chi connectivity index (χ0) is 11.8. The number of aliphatic carboxylic acids is 1. The van der Waals surface area contributed by atoms with Gasteiger partial charge in [-0.15, -0.1) is 11.8 Å². The van der Waals surface area contributed by atoms with Gasteiger partial charge in [-0.05, 0) is 6.08 Å². The van der Waals surface area contributed by atoms with Gasteiger partial charge in [-0.3, -0.25) is 9.59 Å². The second-order valence-electron chi connectivity index (χ2n) is 3.60. The standard InChI is InChI=1S/C9H12N2O4S/c10-5-15-4-9(8(13)14)1-2-11-6(12)3-7(11)16-9/h1-2,7H,3-5,10H2,(H,13,14)/t7-,9?/m1/s1. The molecule has 6 nitrogen and oxygen atoms in total. The van der Waals surface area contributed by atoms with Gasteiger partial charge in [0.15, 0.2) is 4.75 Å². The van der Waals surface area contributed by atoms with Gasteiger partial charge in [0.05, 0.1) is 25.1 Å². The fourth-order valence-electron chi connectivity index (χ4n) is 1.64. The van der Waals surface area contributed by atoms with Crippen molar-refractivity contribution in [3.63, 3.8) is 0 Å². The third kappa shape index (κ3) is 1.70. The quantitative estimate of drug-likeness (QED) is 0.514. The Balaban J connectivity index is 2.15. The third-order valence-electron chi connectivity index (χ3n) is 2.59. The van der Waals surface area contributed by atoms with E-state index < -0.39 is 10.7 Å². The van der Waals surface area contributed by atoms with Crippen LogP contribution in [-0.4, -0.2) is 45.3 Å². The Morgan fingerprint density at radius 2 is 2.56 bits per heavy atom. The summed E-state index contributed by atoms with van der Waals surface area (Å²) < 4.78 is 3.87. The number of ether oxygens (including phenoxy) is 1. The Morgan fingerprint density at radius 3 is 3.06 bits per heavy atom. The molecule has 7 heteroatoms. The highest BCUT2D eigenvalue weighted by Crippen LogP contribution is 2.43. The number of nitrogens with two attached hydrogens (primary N) is 1. The maximum atomic E-state index is 11.2. The van der Waals surface area contributed by atoms with Crippen LogP contribution in [0.4, 0.5) is 0 Å². The van der Waals surface area contributed by atoms with Crippen molar-refractivity contribution < 1.29 is 19.4 Å². The molecule has 2 atom stereocenters. The van der Waals surface area contributed by atoms with Gasteiger partial charge in [0.1, 0.15) is 0 Å². The molecule has 2 aliphatic rings.